The molecule has 29 heavy (non-hydrogen) atoms. The molecule has 0 saturated carbocycles. The molecule has 0 bridgehead atoms. The summed E-state index contributed by atoms with van der Waals surface area (Å²) in [5.41, 5.74) is 4.54. The molecule has 146 valence electrons. The molecule has 3 aromatic carbocycles. The van der Waals surface area contributed by atoms with Gasteiger partial charge in [0.25, 0.3) is 15.9 Å². The molecule has 0 unspecified atom stereocenters. The minimum absolute atomic E-state index is 0.225. The van der Waals surface area contributed by atoms with E-state index in [1.807, 2.05) is 36.4 Å². The van der Waals surface area contributed by atoms with Crippen LogP contribution < -0.4 is 14.5 Å². The van der Waals surface area contributed by atoms with Gasteiger partial charge in [-0.2, -0.15) is 5.10 Å². The highest BCUT2D eigenvalue weighted by atomic mass is 32.2. The molecule has 0 spiro atoms. The Balaban J connectivity index is 1.41. The number of fused-ring (bicyclic) bond motifs is 1. The molecule has 0 atom stereocenters. The fourth-order valence-electron chi connectivity index (χ4n) is 3.76. The number of anilines is 1. The molecule has 2 aliphatic heterocycles. The van der Waals surface area contributed by atoms with Gasteiger partial charge >= 0.3 is 0 Å². The number of hydrogen-bond acceptors (Lipinski definition) is 5. The van der Waals surface area contributed by atoms with Gasteiger partial charge in [0.1, 0.15) is 12.3 Å². The van der Waals surface area contributed by atoms with Gasteiger partial charge in [0.15, 0.2) is 0 Å². The van der Waals surface area contributed by atoms with Crippen LogP contribution in [0.25, 0.3) is 10.8 Å². The highest BCUT2D eigenvalue weighted by Crippen LogP contribution is 2.41. The molecule has 0 aliphatic carbocycles. The van der Waals surface area contributed by atoms with Crippen molar-refractivity contribution in [3.05, 3.63) is 66.2 Å². The van der Waals surface area contributed by atoms with Gasteiger partial charge in [-0.05, 0) is 29.7 Å². The second-order valence-electron chi connectivity index (χ2n) is 6.83. The SMILES string of the molecule is O=C(CN1c2cccc3cccc(c23)S1(=O)=O)N/N=C1/CCOc2ccccc21. The number of amides is 1. The van der Waals surface area contributed by atoms with Gasteiger partial charge in [-0.25, -0.2) is 13.8 Å². The zero-order chi connectivity index (χ0) is 20.0. The maximum Gasteiger partial charge on any atom is 0.265 e. The standard InChI is InChI=1S/C21H17N3O4S/c25-20(23-22-16-11-12-28-18-9-2-1-7-15(16)18)13-24-17-8-3-5-14-6-4-10-19(21(14)17)29(24,26)27/h1-10H,11-13H2,(H,23,25)/b22-16-. The summed E-state index contributed by atoms with van der Waals surface area (Å²) in [5.74, 6) is 0.214. The second kappa shape index (κ2) is 6.59. The molecule has 1 N–H and O–H groups in total. The molecule has 5 rings (SSSR count). The first-order valence-electron chi connectivity index (χ1n) is 9.18. The summed E-state index contributed by atoms with van der Waals surface area (Å²) in [6.07, 6.45) is 0.560. The number of nitrogens with zero attached hydrogens (tertiary/aromatic N) is 2. The summed E-state index contributed by atoms with van der Waals surface area (Å²) >= 11 is 0. The third-order valence-corrected chi connectivity index (χ3v) is 6.88. The van der Waals surface area contributed by atoms with E-state index in [9.17, 15) is 13.2 Å². The summed E-state index contributed by atoms with van der Waals surface area (Å²) < 4.78 is 32.6. The van der Waals surface area contributed by atoms with Gasteiger partial charge in [-0.1, -0.05) is 36.4 Å². The Kier molecular flexibility index (Phi) is 4.02. The van der Waals surface area contributed by atoms with Crippen molar-refractivity contribution in [2.75, 3.05) is 17.5 Å². The topological polar surface area (TPSA) is 88.1 Å². The Morgan fingerprint density at radius 2 is 1.86 bits per heavy atom. The van der Waals surface area contributed by atoms with Crippen LogP contribution in [0.15, 0.2) is 70.7 Å². The molecular formula is C21H17N3O4S. The number of carbonyl (C=O) groups excluding carboxylic acids is 1. The highest BCUT2D eigenvalue weighted by molar-refractivity contribution is 7.93. The van der Waals surface area contributed by atoms with Crippen molar-refractivity contribution in [3.63, 3.8) is 0 Å². The van der Waals surface area contributed by atoms with E-state index in [0.29, 0.717) is 29.8 Å². The molecule has 0 radical (unpaired) electrons. The largest absolute Gasteiger partial charge is 0.492 e. The third-order valence-electron chi connectivity index (χ3n) is 5.08. The summed E-state index contributed by atoms with van der Waals surface area (Å²) in [6, 6.07) is 18.0. The van der Waals surface area contributed by atoms with Crippen LogP contribution in [0.5, 0.6) is 5.75 Å². The van der Waals surface area contributed by atoms with E-state index < -0.39 is 15.9 Å². The predicted molar refractivity (Wildman–Crippen MR) is 110 cm³/mol. The number of nitrogens with one attached hydrogen (secondary N) is 1. The van der Waals surface area contributed by atoms with Crippen molar-refractivity contribution in [2.24, 2.45) is 5.10 Å². The monoisotopic (exact) mass is 407 g/mol. The Bertz CT molecular complexity index is 1280. The quantitative estimate of drug-likeness (QED) is 0.676. The number of ether oxygens (including phenoxy) is 1. The van der Waals surface area contributed by atoms with Crippen LogP contribution in [0.2, 0.25) is 0 Å². The van der Waals surface area contributed by atoms with Crippen LogP contribution in [-0.4, -0.2) is 33.2 Å². The lowest BCUT2D eigenvalue weighted by Gasteiger charge is -2.19. The second-order valence-corrected chi connectivity index (χ2v) is 8.66. The van der Waals surface area contributed by atoms with Gasteiger partial charge in [-0.15, -0.1) is 0 Å². The Hall–Kier alpha value is -3.39. The Morgan fingerprint density at radius 1 is 1.07 bits per heavy atom. The van der Waals surface area contributed by atoms with Crippen molar-refractivity contribution in [1.29, 1.82) is 0 Å². The first kappa shape index (κ1) is 17.7. The van der Waals surface area contributed by atoms with Crippen molar-refractivity contribution in [2.45, 2.75) is 11.3 Å². The van der Waals surface area contributed by atoms with E-state index in [0.717, 1.165) is 21.0 Å². The lowest BCUT2D eigenvalue weighted by Crippen LogP contribution is -2.37. The van der Waals surface area contributed by atoms with Crippen LogP contribution >= 0.6 is 0 Å². The van der Waals surface area contributed by atoms with Crippen molar-refractivity contribution in [3.8, 4) is 5.75 Å². The van der Waals surface area contributed by atoms with Crippen LogP contribution in [0, 0.1) is 0 Å². The molecule has 8 heteroatoms. The Labute approximate surface area is 167 Å². The van der Waals surface area contributed by atoms with E-state index >= 15 is 0 Å². The zero-order valence-corrected chi connectivity index (χ0v) is 16.1. The molecular weight excluding hydrogens is 390 g/mol. The summed E-state index contributed by atoms with van der Waals surface area (Å²) in [5, 5.41) is 5.70. The Morgan fingerprint density at radius 3 is 2.72 bits per heavy atom. The van der Waals surface area contributed by atoms with Crippen LogP contribution in [0.4, 0.5) is 5.69 Å². The normalized spacial score (nSPS) is 17.8. The van der Waals surface area contributed by atoms with E-state index in [1.54, 1.807) is 24.3 Å². The van der Waals surface area contributed by atoms with Gasteiger partial charge in [0.2, 0.25) is 0 Å². The van der Waals surface area contributed by atoms with Crippen LogP contribution in [0.1, 0.15) is 12.0 Å². The fourth-order valence-corrected chi connectivity index (χ4v) is 5.43. The number of hydrazone groups is 1. The minimum Gasteiger partial charge on any atom is -0.492 e. The van der Waals surface area contributed by atoms with Gasteiger partial charge in [0.05, 0.1) is 22.9 Å². The smallest absolute Gasteiger partial charge is 0.265 e. The van der Waals surface area contributed by atoms with E-state index in [1.165, 1.54) is 0 Å². The lowest BCUT2D eigenvalue weighted by molar-refractivity contribution is -0.119. The number of rotatable bonds is 3. The fraction of sp³-hybridized carbons (Fsp3) is 0.143. The molecule has 0 saturated heterocycles. The van der Waals surface area contributed by atoms with E-state index in [-0.39, 0.29) is 11.4 Å². The summed E-state index contributed by atoms with van der Waals surface area (Å²) in [6.45, 7) is 0.134. The number of hydrogen-bond donors (Lipinski definition) is 1. The predicted octanol–water partition coefficient (Wildman–Crippen LogP) is 2.65. The van der Waals surface area contributed by atoms with E-state index in [4.69, 9.17) is 4.74 Å². The average Bonchev–Trinajstić information content (AvgIpc) is 2.95. The summed E-state index contributed by atoms with van der Waals surface area (Å²) in [7, 11) is -3.78. The first-order valence-corrected chi connectivity index (χ1v) is 10.6. The van der Waals surface area contributed by atoms with Gasteiger partial charge < -0.3 is 4.74 Å². The molecule has 0 fully saturated rings. The number of carbonyl (C=O) groups is 1. The maximum absolute atomic E-state index is 13.0. The molecule has 2 heterocycles. The molecule has 2 aliphatic rings. The molecule has 3 aromatic rings. The minimum atomic E-state index is -3.78. The van der Waals surface area contributed by atoms with Crippen LogP contribution in [-0.2, 0) is 14.8 Å². The molecule has 1 amide bonds. The van der Waals surface area contributed by atoms with Crippen molar-refractivity contribution >= 4 is 38.1 Å². The molecule has 0 aromatic heterocycles. The zero-order valence-electron chi connectivity index (χ0n) is 15.3. The van der Waals surface area contributed by atoms with E-state index in [2.05, 4.69) is 10.5 Å². The highest BCUT2D eigenvalue weighted by Gasteiger charge is 2.36. The third kappa shape index (κ3) is 2.84. The molecule has 7 nitrogen and oxygen atoms in total. The van der Waals surface area contributed by atoms with Crippen molar-refractivity contribution < 1.29 is 17.9 Å². The number of para-hydroxylation sites is 1. The number of sulfonamides is 1. The van der Waals surface area contributed by atoms with Crippen LogP contribution in [0.3, 0.4) is 0 Å². The van der Waals surface area contributed by atoms with Gasteiger partial charge in [-0.3, -0.25) is 9.10 Å². The maximum atomic E-state index is 13.0. The van der Waals surface area contributed by atoms with Gasteiger partial charge in [0, 0.05) is 17.4 Å². The lowest BCUT2D eigenvalue weighted by atomic mass is 10.0. The average molecular weight is 407 g/mol. The van der Waals surface area contributed by atoms with Crippen molar-refractivity contribution in [1.82, 2.24) is 5.43 Å². The number of benzene rings is 3. The first-order chi connectivity index (χ1) is 14.1. The summed E-state index contributed by atoms with van der Waals surface area (Å²) in [4.78, 5) is 12.8.